The van der Waals surface area contributed by atoms with Crippen LogP contribution in [0.25, 0.3) is 10.8 Å². The minimum Gasteiger partial charge on any atom is -0.744 e. The van der Waals surface area contributed by atoms with Crippen molar-refractivity contribution < 1.29 is 18.1 Å². The van der Waals surface area contributed by atoms with Gasteiger partial charge in [0.25, 0.3) is 0 Å². The van der Waals surface area contributed by atoms with Crippen molar-refractivity contribution >= 4 is 32.7 Å². The summed E-state index contributed by atoms with van der Waals surface area (Å²) >= 11 is 1.53. The first-order valence-electron chi connectivity index (χ1n) is 8.72. The Labute approximate surface area is 164 Å². The Morgan fingerprint density at radius 3 is 2.37 bits per heavy atom. The van der Waals surface area contributed by atoms with E-state index in [1.165, 1.54) is 58.2 Å². The van der Waals surface area contributed by atoms with Crippen LogP contribution in [0.15, 0.2) is 65.6 Å². The van der Waals surface area contributed by atoms with Crippen LogP contribution in [0.3, 0.4) is 0 Å². The van der Waals surface area contributed by atoms with Crippen LogP contribution in [-0.4, -0.2) is 29.6 Å². The molecular weight excluding hydrogens is 380 g/mol. The molecule has 0 spiro atoms. The number of phenols is 1. The van der Waals surface area contributed by atoms with Crippen LogP contribution >= 0.6 is 0 Å². The van der Waals surface area contributed by atoms with Gasteiger partial charge < -0.3 is 9.66 Å². The van der Waals surface area contributed by atoms with Crippen LogP contribution in [0, 0.1) is 6.92 Å². The second-order valence-electron chi connectivity index (χ2n) is 6.60. The minimum absolute atomic E-state index is 0.178. The number of rotatable bonds is 2. The van der Waals surface area contributed by atoms with Crippen molar-refractivity contribution in [1.82, 2.24) is 0 Å². The van der Waals surface area contributed by atoms with Crippen molar-refractivity contribution in [1.29, 1.82) is 0 Å². The number of benzene rings is 3. The van der Waals surface area contributed by atoms with Crippen LogP contribution in [0.4, 0.5) is 0 Å². The van der Waals surface area contributed by atoms with Crippen LogP contribution in [-0.2, 0) is 21.9 Å². The number of phenolic OH excluding ortho intramolecular Hbond substituents is 1. The molecule has 27 heavy (non-hydrogen) atoms. The third kappa shape index (κ3) is 4.83. The summed E-state index contributed by atoms with van der Waals surface area (Å²) in [5, 5.41) is 12.5. The number of hydrogen-bond donors (Lipinski definition) is 1. The van der Waals surface area contributed by atoms with E-state index < -0.39 is 10.1 Å². The second-order valence-corrected chi connectivity index (χ2v) is 9.24. The normalized spacial score (nSPS) is 16.7. The Kier molecular flexibility index (Phi) is 6.09. The molecule has 1 N–H and O–H groups in total. The molecule has 0 bridgehead atoms. The molecule has 4 nitrogen and oxygen atoms in total. The van der Waals surface area contributed by atoms with E-state index in [0.29, 0.717) is 11.7 Å². The maximum absolute atomic E-state index is 10.4. The van der Waals surface area contributed by atoms with Gasteiger partial charge in [0.1, 0.15) is 27.4 Å². The van der Waals surface area contributed by atoms with Crippen LogP contribution < -0.4 is 0 Å². The Hall–Kier alpha value is -2.02. The number of aromatic hydroxyl groups is 1. The summed E-state index contributed by atoms with van der Waals surface area (Å²) in [6.45, 7) is 1.82. The summed E-state index contributed by atoms with van der Waals surface area (Å²) in [6, 6.07) is 18.0. The van der Waals surface area contributed by atoms with Gasteiger partial charge in [-0.3, -0.25) is 0 Å². The lowest BCUT2D eigenvalue weighted by Crippen LogP contribution is -1.98. The number of aryl methyl sites for hydroxylation is 1. The van der Waals surface area contributed by atoms with E-state index in [0.717, 1.165) is 5.56 Å². The highest BCUT2D eigenvalue weighted by Gasteiger charge is 2.27. The predicted molar refractivity (Wildman–Crippen MR) is 111 cm³/mol. The zero-order valence-electron chi connectivity index (χ0n) is 15.0. The molecule has 0 aromatic heterocycles. The van der Waals surface area contributed by atoms with Crippen molar-refractivity contribution in [3.05, 3.63) is 71.8 Å². The molecule has 3 aromatic carbocycles. The van der Waals surface area contributed by atoms with E-state index in [1.54, 1.807) is 12.1 Å². The predicted octanol–water partition coefficient (Wildman–Crippen LogP) is 3.75. The van der Waals surface area contributed by atoms with E-state index >= 15 is 0 Å². The first-order valence-corrected chi connectivity index (χ1v) is 11.4. The average molecular weight is 403 g/mol. The van der Waals surface area contributed by atoms with Gasteiger partial charge in [0.15, 0.2) is 0 Å². The monoisotopic (exact) mass is 402 g/mol. The summed E-state index contributed by atoms with van der Waals surface area (Å²) in [5.41, 5.74) is 2.10. The van der Waals surface area contributed by atoms with Crippen molar-refractivity contribution in [2.45, 2.75) is 24.2 Å². The standard InChI is InChI=1S/C14H14OS.C7H8O3S/c15-13-6-5-10-3-1-2-4-12(10)14(13)11-7-8-16-9-11;1-6-2-4-7(5-3-6)11(8,9)10/h1-6,11,15H,7-9H2;2-5H,1H3,(H,8,9,10). The van der Waals surface area contributed by atoms with Gasteiger partial charge in [-0.15, -0.1) is 0 Å². The summed E-state index contributed by atoms with van der Waals surface area (Å²) in [6.07, 6.45) is 1.21. The zero-order valence-corrected chi connectivity index (χ0v) is 16.7. The fourth-order valence-corrected chi connectivity index (χ4v) is 5.06. The van der Waals surface area contributed by atoms with Crippen LogP contribution in [0.5, 0.6) is 5.75 Å². The number of fused-ring (bicyclic) bond motifs is 1. The Balaban J connectivity index is 0.000000168. The second kappa shape index (κ2) is 8.33. The quantitative estimate of drug-likeness (QED) is 0.402. The summed E-state index contributed by atoms with van der Waals surface area (Å²) in [7, 11) is -4.27. The van der Waals surface area contributed by atoms with Gasteiger partial charge in [-0.2, -0.15) is 0 Å². The molecule has 3 aromatic rings. The highest BCUT2D eigenvalue weighted by molar-refractivity contribution is 7.85. The van der Waals surface area contributed by atoms with Gasteiger partial charge in [-0.05, 0) is 47.7 Å². The minimum atomic E-state index is -4.27. The molecule has 1 atom stereocenters. The van der Waals surface area contributed by atoms with Crippen molar-refractivity contribution in [2.75, 3.05) is 11.5 Å². The number of thiol groups is 1. The smallest absolute Gasteiger partial charge is 0.124 e. The molecule has 0 aliphatic carbocycles. The zero-order chi connectivity index (χ0) is 19.4. The first-order chi connectivity index (χ1) is 12.9. The van der Waals surface area contributed by atoms with Crippen LogP contribution in [0.1, 0.15) is 23.5 Å². The highest BCUT2D eigenvalue weighted by Crippen LogP contribution is 2.37. The molecule has 1 fully saturated rings. The van der Waals surface area contributed by atoms with E-state index in [4.69, 9.17) is 0 Å². The molecule has 6 heteroatoms. The average Bonchev–Trinajstić information content (AvgIpc) is 3.16. The Morgan fingerprint density at radius 2 is 1.74 bits per heavy atom. The lowest BCUT2D eigenvalue weighted by atomic mass is 9.92. The molecule has 1 aliphatic rings. The summed E-state index contributed by atoms with van der Waals surface area (Å²) in [4.78, 5) is -0.178. The molecule has 1 saturated heterocycles. The summed E-state index contributed by atoms with van der Waals surface area (Å²) in [5.74, 6) is 3.49. The van der Waals surface area contributed by atoms with Gasteiger partial charge in [0, 0.05) is 17.9 Å². The lowest BCUT2D eigenvalue weighted by Gasteiger charge is -2.12. The molecule has 1 unspecified atom stereocenters. The van der Waals surface area contributed by atoms with Gasteiger partial charge in [-0.1, -0.05) is 48.0 Å². The molecule has 1 heterocycles. The Morgan fingerprint density at radius 1 is 1.04 bits per heavy atom. The van der Waals surface area contributed by atoms with Crippen molar-refractivity contribution in [2.24, 2.45) is 0 Å². The van der Waals surface area contributed by atoms with E-state index in [-0.39, 0.29) is 4.90 Å². The van der Waals surface area contributed by atoms with E-state index in [2.05, 4.69) is 24.3 Å². The summed E-state index contributed by atoms with van der Waals surface area (Å²) < 4.78 is 31.2. The maximum Gasteiger partial charge on any atom is 0.124 e. The molecule has 0 amide bonds. The number of hydrogen-bond acceptors (Lipinski definition) is 4. The molecule has 142 valence electrons. The third-order valence-electron chi connectivity index (χ3n) is 4.65. The van der Waals surface area contributed by atoms with E-state index in [9.17, 15) is 18.1 Å². The first kappa shape index (κ1) is 19.7. The van der Waals surface area contributed by atoms with Gasteiger partial charge in [0.05, 0.1) is 4.90 Å². The van der Waals surface area contributed by atoms with E-state index in [1.807, 2.05) is 19.1 Å². The lowest BCUT2D eigenvalue weighted by molar-refractivity contribution is 0.462. The Bertz CT molecular complexity index is 1020. The highest BCUT2D eigenvalue weighted by atomic mass is 32.2. The van der Waals surface area contributed by atoms with Crippen LogP contribution in [0.2, 0.25) is 0 Å². The van der Waals surface area contributed by atoms with Crippen molar-refractivity contribution in [3.63, 3.8) is 0 Å². The fraction of sp³-hybridized carbons (Fsp3) is 0.238. The molecule has 4 rings (SSSR count). The van der Waals surface area contributed by atoms with Gasteiger partial charge in [0.2, 0.25) is 0 Å². The van der Waals surface area contributed by atoms with Crippen molar-refractivity contribution in [3.8, 4) is 5.75 Å². The maximum atomic E-state index is 10.4. The fourth-order valence-electron chi connectivity index (χ4n) is 3.24. The molecular formula is C21H22O4S2. The SMILES string of the molecule is Cc1ccc(S(=O)(=O)[O-])cc1.Oc1ccc2ccccc2c1C1CC[SH+]C1. The molecule has 0 radical (unpaired) electrons. The largest absolute Gasteiger partial charge is 0.744 e. The van der Waals surface area contributed by atoms with Gasteiger partial charge >= 0.3 is 0 Å². The topological polar surface area (TPSA) is 77.4 Å². The molecule has 1 aliphatic heterocycles. The van der Waals surface area contributed by atoms with Gasteiger partial charge in [-0.25, -0.2) is 8.42 Å². The molecule has 0 saturated carbocycles. The third-order valence-corrected chi connectivity index (χ3v) is 6.77.